The average molecular weight is 385 g/mol. The van der Waals surface area contributed by atoms with Gasteiger partial charge in [-0.2, -0.15) is 13.2 Å². The first-order valence-corrected chi connectivity index (χ1v) is 8.37. The summed E-state index contributed by atoms with van der Waals surface area (Å²) in [6, 6.07) is 9.39. The molecular formula is C16H14F3N3O3S. The number of pyridine rings is 1. The summed E-state index contributed by atoms with van der Waals surface area (Å²) in [5, 5.41) is 0.911. The second kappa shape index (κ2) is 8.28. The zero-order chi connectivity index (χ0) is 18.4. The Morgan fingerprint density at radius 3 is 2.65 bits per heavy atom. The van der Waals surface area contributed by atoms with E-state index in [1.165, 1.54) is 0 Å². The standard InChI is InChI=1S/C16H14F3N3O3S/c17-16(18,19)5-6-23-7-8-24-14-15(22-26-21-14)25-12-9-11-3-1-2-4-13(11)20-10-12/h1-4,9-10H,5-8H2. The fourth-order valence-corrected chi connectivity index (χ4v) is 2.46. The van der Waals surface area contributed by atoms with Gasteiger partial charge in [0, 0.05) is 5.39 Å². The summed E-state index contributed by atoms with van der Waals surface area (Å²) in [6.45, 7) is -0.367. The van der Waals surface area contributed by atoms with Crippen molar-refractivity contribution >= 4 is 22.6 Å². The minimum absolute atomic E-state index is 0.00454. The van der Waals surface area contributed by atoms with Crippen molar-refractivity contribution in [3.63, 3.8) is 0 Å². The van der Waals surface area contributed by atoms with Gasteiger partial charge in [0.25, 0.3) is 11.8 Å². The number of alkyl halides is 3. The van der Waals surface area contributed by atoms with E-state index in [1.54, 1.807) is 6.20 Å². The maximum atomic E-state index is 12.0. The monoisotopic (exact) mass is 385 g/mol. The van der Waals surface area contributed by atoms with Gasteiger partial charge in [0.2, 0.25) is 0 Å². The van der Waals surface area contributed by atoms with Crippen LogP contribution in [0.15, 0.2) is 36.5 Å². The van der Waals surface area contributed by atoms with E-state index in [2.05, 4.69) is 13.7 Å². The minimum atomic E-state index is -4.23. The summed E-state index contributed by atoms with van der Waals surface area (Å²) < 4.78 is 59.8. The van der Waals surface area contributed by atoms with E-state index >= 15 is 0 Å². The number of benzene rings is 1. The van der Waals surface area contributed by atoms with E-state index in [-0.39, 0.29) is 25.0 Å². The molecule has 0 spiro atoms. The maximum Gasteiger partial charge on any atom is 0.391 e. The molecule has 0 atom stereocenters. The number of nitrogens with zero attached hydrogens (tertiary/aromatic N) is 3. The molecule has 0 saturated carbocycles. The van der Waals surface area contributed by atoms with Gasteiger partial charge in [0.1, 0.15) is 12.4 Å². The molecule has 0 aliphatic carbocycles. The molecule has 3 rings (SSSR count). The summed E-state index contributed by atoms with van der Waals surface area (Å²) in [5.41, 5.74) is 0.837. The first-order valence-electron chi connectivity index (χ1n) is 7.64. The number of para-hydroxylation sites is 1. The minimum Gasteiger partial charge on any atom is -0.471 e. The molecule has 2 heterocycles. The van der Waals surface area contributed by atoms with Crippen molar-refractivity contribution in [2.24, 2.45) is 0 Å². The van der Waals surface area contributed by atoms with Crippen molar-refractivity contribution in [3.05, 3.63) is 36.5 Å². The Morgan fingerprint density at radius 2 is 1.81 bits per heavy atom. The number of aromatic nitrogens is 3. The molecule has 26 heavy (non-hydrogen) atoms. The largest absolute Gasteiger partial charge is 0.471 e. The summed E-state index contributed by atoms with van der Waals surface area (Å²) in [5.74, 6) is 0.799. The molecule has 0 fully saturated rings. The van der Waals surface area contributed by atoms with Crippen LogP contribution in [0.3, 0.4) is 0 Å². The predicted octanol–water partition coefficient (Wildman–Crippen LogP) is 4.23. The van der Waals surface area contributed by atoms with Gasteiger partial charge in [-0.15, -0.1) is 8.75 Å². The van der Waals surface area contributed by atoms with Gasteiger partial charge in [-0.25, -0.2) is 0 Å². The van der Waals surface area contributed by atoms with Gasteiger partial charge in [-0.3, -0.25) is 4.98 Å². The van der Waals surface area contributed by atoms with Gasteiger partial charge in [-0.1, -0.05) is 18.2 Å². The van der Waals surface area contributed by atoms with Crippen LogP contribution in [0.1, 0.15) is 6.42 Å². The first-order chi connectivity index (χ1) is 12.5. The van der Waals surface area contributed by atoms with Crippen LogP contribution in [0.4, 0.5) is 13.2 Å². The topological polar surface area (TPSA) is 66.4 Å². The van der Waals surface area contributed by atoms with Crippen LogP contribution >= 0.6 is 11.7 Å². The van der Waals surface area contributed by atoms with E-state index in [4.69, 9.17) is 14.2 Å². The highest BCUT2D eigenvalue weighted by molar-refractivity contribution is 6.99. The Morgan fingerprint density at radius 1 is 1.00 bits per heavy atom. The highest BCUT2D eigenvalue weighted by Crippen LogP contribution is 2.30. The van der Waals surface area contributed by atoms with Gasteiger partial charge in [0.05, 0.1) is 43.1 Å². The van der Waals surface area contributed by atoms with Crippen LogP contribution in [-0.2, 0) is 4.74 Å². The number of ether oxygens (including phenoxy) is 3. The molecule has 0 radical (unpaired) electrons. The van der Waals surface area contributed by atoms with E-state index in [1.807, 2.05) is 30.3 Å². The van der Waals surface area contributed by atoms with Crippen LogP contribution in [0.25, 0.3) is 10.9 Å². The molecular weight excluding hydrogens is 371 g/mol. The Kier molecular flexibility index (Phi) is 5.84. The van der Waals surface area contributed by atoms with Gasteiger partial charge in [0.15, 0.2) is 0 Å². The normalized spacial score (nSPS) is 11.7. The third kappa shape index (κ3) is 5.27. The molecule has 0 aliphatic rings. The van der Waals surface area contributed by atoms with Gasteiger partial charge in [-0.05, 0) is 12.1 Å². The van der Waals surface area contributed by atoms with E-state index < -0.39 is 19.2 Å². The predicted molar refractivity (Wildman–Crippen MR) is 88.7 cm³/mol. The molecule has 0 N–H and O–H groups in total. The molecule has 0 aliphatic heterocycles. The summed E-state index contributed by atoms with van der Waals surface area (Å²) in [7, 11) is 0. The fourth-order valence-electron chi connectivity index (χ4n) is 2.03. The molecule has 3 aromatic rings. The lowest BCUT2D eigenvalue weighted by atomic mass is 10.2. The molecule has 2 aromatic heterocycles. The highest BCUT2D eigenvalue weighted by Gasteiger charge is 2.26. The van der Waals surface area contributed by atoms with Crippen LogP contribution in [0, 0.1) is 0 Å². The SMILES string of the molecule is FC(F)(F)CCOCCOc1nsnc1Oc1cnc2ccccc2c1. The zero-order valence-electron chi connectivity index (χ0n) is 13.4. The van der Waals surface area contributed by atoms with Gasteiger partial charge < -0.3 is 14.2 Å². The third-order valence-electron chi connectivity index (χ3n) is 3.21. The second-order valence-corrected chi connectivity index (χ2v) is 5.69. The molecule has 0 amide bonds. The van der Waals surface area contributed by atoms with E-state index in [0.717, 1.165) is 22.6 Å². The first kappa shape index (κ1) is 18.3. The van der Waals surface area contributed by atoms with Crippen molar-refractivity contribution in [1.82, 2.24) is 13.7 Å². The number of hydrogen-bond donors (Lipinski definition) is 0. The van der Waals surface area contributed by atoms with Gasteiger partial charge >= 0.3 is 6.18 Å². The lowest BCUT2D eigenvalue weighted by Gasteiger charge is -2.08. The number of hydrogen-bond acceptors (Lipinski definition) is 7. The molecule has 138 valence electrons. The Labute approximate surface area is 150 Å². The number of halogens is 3. The smallest absolute Gasteiger partial charge is 0.391 e. The fraction of sp³-hybridized carbons (Fsp3) is 0.312. The summed E-state index contributed by atoms with van der Waals surface area (Å²) >= 11 is 0.901. The van der Waals surface area contributed by atoms with Crippen LogP contribution in [0.5, 0.6) is 17.5 Å². The lowest BCUT2D eigenvalue weighted by molar-refractivity contribution is -0.145. The Hall–Kier alpha value is -2.46. The second-order valence-electron chi connectivity index (χ2n) is 5.17. The van der Waals surface area contributed by atoms with Crippen LogP contribution in [-0.4, -0.2) is 39.7 Å². The van der Waals surface area contributed by atoms with E-state index in [0.29, 0.717) is 5.75 Å². The Balaban J connectivity index is 1.51. The molecule has 0 bridgehead atoms. The molecule has 1 aromatic carbocycles. The van der Waals surface area contributed by atoms with Crippen LogP contribution < -0.4 is 9.47 Å². The summed E-state index contributed by atoms with van der Waals surface area (Å²) in [4.78, 5) is 4.28. The maximum absolute atomic E-state index is 12.0. The average Bonchev–Trinajstić information content (AvgIpc) is 3.04. The molecule has 0 unspecified atom stereocenters. The van der Waals surface area contributed by atoms with Crippen molar-refractivity contribution in [3.8, 4) is 17.5 Å². The zero-order valence-corrected chi connectivity index (χ0v) is 14.2. The Bertz CT molecular complexity index is 857. The van der Waals surface area contributed by atoms with Crippen molar-refractivity contribution in [1.29, 1.82) is 0 Å². The van der Waals surface area contributed by atoms with Crippen molar-refractivity contribution < 1.29 is 27.4 Å². The highest BCUT2D eigenvalue weighted by atomic mass is 32.1. The quantitative estimate of drug-likeness (QED) is 0.541. The molecule has 10 heteroatoms. The van der Waals surface area contributed by atoms with Crippen LogP contribution in [0.2, 0.25) is 0 Å². The lowest BCUT2D eigenvalue weighted by Crippen LogP contribution is -2.14. The van der Waals surface area contributed by atoms with Crippen molar-refractivity contribution in [2.75, 3.05) is 19.8 Å². The van der Waals surface area contributed by atoms with Crippen molar-refractivity contribution in [2.45, 2.75) is 12.6 Å². The third-order valence-corrected chi connectivity index (χ3v) is 3.70. The number of rotatable bonds is 8. The number of fused-ring (bicyclic) bond motifs is 1. The van der Waals surface area contributed by atoms with E-state index in [9.17, 15) is 13.2 Å². The molecule has 6 nitrogen and oxygen atoms in total. The summed E-state index contributed by atoms with van der Waals surface area (Å²) in [6.07, 6.45) is -3.66. The molecule has 0 saturated heterocycles.